The fourth-order valence-corrected chi connectivity index (χ4v) is 4.35. The van der Waals surface area contributed by atoms with Crippen molar-refractivity contribution in [3.8, 4) is 34.3 Å². The van der Waals surface area contributed by atoms with Crippen LogP contribution in [0, 0.1) is 11.3 Å². The van der Waals surface area contributed by atoms with Crippen LogP contribution in [-0.4, -0.2) is 48.3 Å². The lowest BCUT2D eigenvalue weighted by Gasteiger charge is -2.26. The van der Waals surface area contributed by atoms with Crippen LogP contribution in [0.3, 0.4) is 0 Å². The van der Waals surface area contributed by atoms with Gasteiger partial charge in [-0.15, -0.1) is 0 Å². The van der Waals surface area contributed by atoms with E-state index in [9.17, 15) is 5.26 Å². The molecule has 3 heterocycles. The number of ether oxygens (including phenoxy) is 2. The monoisotopic (exact) mass is 451 g/mol. The number of hydrogen-bond donors (Lipinski definition) is 1. The molecule has 2 N–H and O–H groups in total. The van der Waals surface area contributed by atoms with Crippen molar-refractivity contribution in [1.29, 1.82) is 5.26 Å². The normalized spacial score (nSPS) is 14.1. The fraction of sp³-hybridized carbons (Fsp3) is 0.222. The SMILES string of the molecule is COc1ccccc1-c1nc2cc(-c3cc(CN4CCOCC4)ccn3)ccc2c(N)c1C#N. The smallest absolute Gasteiger partial charge is 0.128 e. The molecule has 170 valence electrons. The minimum Gasteiger partial charge on any atom is -0.496 e. The van der Waals surface area contributed by atoms with Gasteiger partial charge >= 0.3 is 0 Å². The van der Waals surface area contributed by atoms with Crippen LogP contribution in [0.1, 0.15) is 11.1 Å². The van der Waals surface area contributed by atoms with Gasteiger partial charge in [-0.25, -0.2) is 4.98 Å². The van der Waals surface area contributed by atoms with Crippen molar-refractivity contribution >= 4 is 16.6 Å². The van der Waals surface area contributed by atoms with E-state index in [1.165, 1.54) is 5.56 Å². The second-order valence-electron chi connectivity index (χ2n) is 8.23. The third-order valence-corrected chi connectivity index (χ3v) is 6.13. The maximum atomic E-state index is 9.85. The van der Waals surface area contributed by atoms with Gasteiger partial charge in [0.15, 0.2) is 0 Å². The molecule has 0 atom stereocenters. The summed E-state index contributed by atoms with van der Waals surface area (Å²) in [7, 11) is 1.60. The number of nitrogens with zero attached hydrogens (tertiary/aromatic N) is 4. The predicted octanol–water partition coefficient (Wildman–Crippen LogP) is 4.26. The Morgan fingerprint density at radius 1 is 1.12 bits per heavy atom. The highest BCUT2D eigenvalue weighted by Gasteiger charge is 2.18. The summed E-state index contributed by atoms with van der Waals surface area (Å²) in [6, 6.07) is 19.8. The first-order valence-corrected chi connectivity index (χ1v) is 11.2. The Morgan fingerprint density at radius 3 is 2.74 bits per heavy atom. The number of morpholine rings is 1. The average molecular weight is 452 g/mol. The maximum Gasteiger partial charge on any atom is 0.128 e. The third-order valence-electron chi connectivity index (χ3n) is 6.13. The van der Waals surface area contributed by atoms with E-state index >= 15 is 0 Å². The number of benzene rings is 2. The van der Waals surface area contributed by atoms with Crippen LogP contribution in [0.2, 0.25) is 0 Å². The molecule has 34 heavy (non-hydrogen) atoms. The Hall–Kier alpha value is -3.99. The molecule has 0 amide bonds. The summed E-state index contributed by atoms with van der Waals surface area (Å²) in [6.07, 6.45) is 1.84. The Morgan fingerprint density at radius 2 is 1.94 bits per heavy atom. The molecule has 2 aromatic carbocycles. The molecular formula is C27H25N5O2. The standard InChI is InChI=1S/C27H25N5O2/c1-33-25-5-3-2-4-21(25)27-22(16-28)26(29)20-7-6-19(15-24(20)31-27)23-14-18(8-9-30-23)17-32-10-12-34-13-11-32/h2-9,14-15H,10-13,17H2,1H3,(H2,29,31). The second-order valence-corrected chi connectivity index (χ2v) is 8.23. The summed E-state index contributed by atoms with van der Waals surface area (Å²) in [5, 5.41) is 10.6. The molecule has 1 saturated heterocycles. The van der Waals surface area contributed by atoms with Crippen LogP contribution in [0.15, 0.2) is 60.8 Å². The lowest BCUT2D eigenvalue weighted by molar-refractivity contribution is 0.0342. The van der Waals surface area contributed by atoms with Gasteiger partial charge in [-0.3, -0.25) is 9.88 Å². The van der Waals surface area contributed by atoms with Crippen molar-refractivity contribution in [1.82, 2.24) is 14.9 Å². The van der Waals surface area contributed by atoms with Gasteiger partial charge in [-0.1, -0.05) is 24.3 Å². The van der Waals surface area contributed by atoms with E-state index in [0.29, 0.717) is 28.2 Å². The van der Waals surface area contributed by atoms with Crippen molar-refractivity contribution in [2.24, 2.45) is 0 Å². The third kappa shape index (κ3) is 4.17. The van der Waals surface area contributed by atoms with Gasteiger partial charge in [0.05, 0.1) is 42.9 Å². The van der Waals surface area contributed by atoms with Crippen molar-refractivity contribution in [2.75, 3.05) is 39.1 Å². The first-order chi connectivity index (χ1) is 16.7. The lowest BCUT2D eigenvalue weighted by Crippen LogP contribution is -2.35. The van der Waals surface area contributed by atoms with Gasteiger partial charge in [0.2, 0.25) is 0 Å². The summed E-state index contributed by atoms with van der Waals surface area (Å²) in [4.78, 5) is 11.8. The molecule has 4 aromatic rings. The molecule has 0 spiro atoms. The zero-order valence-electron chi connectivity index (χ0n) is 19.0. The van der Waals surface area contributed by atoms with E-state index in [1.807, 2.05) is 48.7 Å². The van der Waals surface area contributed by atoms with Gasteiger partial charge in [0, 0.05) is 42.3 Å². The van der Waals surface area contributed by atoms with Gasteiger partial charge in [-0.05, 0) is 35.9 Å². The van der Waals surface area contributed by atoms with E-state index in [4.69, 9.17) is 20.2 Å². The number of fused-ring (bicyclic) bond motifs is 1. The number of hydrogen-bond acceptors (Lipinski definition) is 7. The molecule has 5 rings (SSSR count). The summed E-state index contributed by atoms with van der Waals surface area (Å²) in [5.41, 5.74) is 12.2. The summed E-state index contributed by atoms with van der Waals surface area (Å²) < 4.78 is 11.0. The van der Waals surface area contributed by atoms with E-state index in [0.717, 1.165) is 55.1 Å². The Kier molecular flexibility index (Phi) is 6.09. The minimum absolute atomic E-state index is 0.343. The summed E-state index contributed by atoms with van der Waals surface area (Å²) in [6.45, 7) is 4.28. The number of pyridine rings is 2. The second kappa shape index (κ2) is 9.48. The molecule has 0 radical (unpaired) electrons. The Balaban J connectivity index is 1.57. The van der Waals surface area contributed by atoms with Crippen LogP contribution in [0.25, 0.3) is 33.4 Å². The number of nitrogen functional groups attached to an aromatic ring is 1. The van der Waals surface area contributed by atoms with E-state index in [1.54, 1.807) is 7.11 Å². The van der Waals surface area contributed by atoms with Gasteiger partial charge in [0.1, 0.15) is 17.4 Å². The van der Waals surface area contributed by atoms with Crippen LogP contribution in [0.4, 0.5) is 5.69 Å². The number of anilines is 1. The molecule has 1 aliphatic heterocycles. The molecule has 1 aliphatic rings. The highest BCUT2D eigenvalue weighted by atomic mass is 16.5. The number of nitrogens with two attached hydrogens (primary N) is 1. The number of rotatable bonds is 5. The van der Waals surface area contributed by atoms with Crippen molar-refractivity contribution in [2.45, 2.75) is 6.54 Å². The molecular weight excluding hydrogens is 426 g/mol. The molecule has 1 fully saturated rings. The van der Waals surface area contributed by atoms with Gasteiger partial charge in [-0.2, -0.15) is 5.26 Å². The molecule has 7 heteroatoms. The zero-order chi connectivity index (χ0) is 23.5. The molecule has 7 nitrogen and oxygen atoms in total. The van der Waals surface area contributed by atoms with Crippen molar-refractivity contribution in [3.63, 3.8) is 0 Å². The fourth-order valence-electron chi connectivity index (χ4n) is 4.35. The Labute approximate surface area is 198 Å². The molecule has 0 bridgehead atoms. The van der Waals surface area contributed by atoms with Crippen LogP contribution in [0.5, 0.6) is 5.75 Å². The average Bonchev–Trinajstić information content (AvgIpc) is 2.89. The zero-order valence-corrected chi connectivity index (χ0v) is 19.0. The van der Waals surface area contributed by atoms with Crippen LogP contribution < -0.4 is 10.5 Å². The predicted molar refractivity (Wildman–Crippen MR) is 132 cm³/mol. The number of para-hydroxylation sites is 1. The molecule has 2 aromatic heterocycles. The molecule has 0 aliphatic carbocycles. The number of nitriles is 1. The summed E-state index contributed by atoms with van der Waals surface area (Å²) in [5.74, 6) is 0.638. The van der Waals surface area contributed by atoms with Crippen molar-refractivity contribution in [3.05, 3.63) is 71.9 Å². The largest absolute Gasteiger partial charge is 0.496 e. The lowest BCUT2D eigenvalue weighted by atomic mass is 9.99. The van der Waals surface area contributed by atoms with Crippen molar-refractivity contribution < 1.29 is 9.47 Å². The quantitative estimate of drug-likeness (QED) is 0.484. The minimum atomic E-state index is 0.343. The van der Waals surface area contributed by atoms with Crippen LogP contribution >= 0.6 is 0 Å². The summed E-state index contributed by atoms with van der Waals surface area (Å²) >= 11 is 0. The van der Waals surface area contributed by atoms with Gasteiger partial charge in [0.25, 0.3) is 0 Å². The van der Waals surface area contributed by atoms with E-state index in [-0.39, 0.29) is 0 Å². The maximum absolute atomic E-state index is 9.85. The highest BCUT2D eigenvalue weighted by molar-refractivity contribution is 5.99. The number of methoxy groups -OCH3 is 1. The van der Waals surface area contributed by atoms with Crippen LogP contribution in [-0.2, 0) is 11.3 Å². The van der Waals surface area contributed by atoms with Gasteiger partial charge < -0.3 is 15.2 Å². The number of aromatic nitrogens is 2. The first kappa shape index (κ1) is 21.8. The molecule has 0 unspecified atom stereocenters. The Bertz CT molecular complexity index is 1390. The van der Waals surface area contributed by atoms with E-state index < -0.39 is 0 Å². The topological polar surface area (TPSA) is 97.3 Å². The van der Waals surface area contributed by atoms with E-state index in [2.05, 4.69) is 28.1 Å². The first-order valence-electron chi connectivity index (χ1n) is 11.2. The molecule has 0 saturated carbocycles. The highest BCUT2D eigenvalue weighted by Crippen LogP contribution is 2.37.